The lowest BCUT2D eigenvalue weighted by Gasteiger charge is -2.33. The molecule has 2 aliphatic rings. The summed E-state index contributed by atoms with van der Waals surface area (Å²) < 4.78 is 19.8. The fourth-order valence-electron chi connectivity index (χ4n) is 3.59. The maximum Gasteiger partial charge on any atom is 0.172 e. The molecule has 1 aliphatic heterocycles. The van der Waals surface area contributed by atoms with E-state index in [9.17, 15) is 9.50 Å². The molecule has 0 radical (unpaired) electrons. The van der Waals surface area contributed by atoms with Crippen molar-refractivity contribution in [2.45, 2.75) is 37.8 Å². The van der Waals surface area contributed by atoms with E-state index in [0.717, 1.165) is 67.5 Å². The van der Waals surface area contributed by atoms with Crippen molar-refractivity contribution >= 4 is 22.7 Å². The average Bonchev–Trinajstić information content (AvgIpc) is 3.54. The molecule has 0 spiro atoms. The molecule has 5 rings (SSSR count). The van der Waals surface area contributed by atoms with E-state index < -0.39 is 5.82 Å². The Morgan fingerprint density at radius 3 is 2.66 bits per heavy atom. The number of piperidine rings is 1. The van der Waals surface area contributed by atoms with Gasteiger partial charge in [0.1, 0.15) is 17.4 Å². The first kappa shape index (κ1) is 17.9. The minimum Gasteiger partial charge on any atom is -0.508 e. The van der Waals surface area contributed by atoms with Crippen molar-refractivity contribution in [3.8, 4) is 11.5 Å². The second-order valence-electron chi connectivity index (χ2n) is 7.60. The van der Waals surface area contributed by atoms with Gasteiger partial charge in [-0.3, -0.25) is 4.98 Å². The number of hydrogen-bond donors (Lipinski definition) is 2. The Bertz CT molecular complexity index is 1030. The molecule has 8 heteroatoms. The summed E-state index contributed by atoms with van der Waals surface area (Å²) >= 11 is 0. The molecule has 3 aromatic rings. The van der Waals surface area contributed by atoms with E-state index in [1.54, 1.807) is 12.4 Å². The molecule has 1 aliphatic carbocycles. The number of nitrogens with one attached hydrogen (secondary N) is 1. The summed E-state index contributed by atoms with van der Waals surface area (Å²) in [5.74, 6) is 1.18. The van der Waals surface area contributed by atoms with E-state index in [4.69, 9.17) is 14.7 Å². The normalized spacial score (nSPS) is 17.5. The van der Waals surface area contributed by atoms with Gasteiger partial charge in [0.25, 0.3) is 0 Å². The van der Waals surface area contributed by atoms with Gasteiger partial charge in [-0.1, -0.05) is 0 Å². The number of rotatable bonds is 5. The highest BCUT2D eigenvalue weighted by molar-refractivity contribution is 5.80. The molecule has 2 N–H and O–H groups in total. The number of benzene rings is 1. The van der Waals surface area contributed by atoms with Gasteiger partial charge in [-0.2, -0.15) is 0 Å². The topological polar surface area (TPSA) is 83.4 Å². The minimum atomic E-state index is -0.544. The Hall–Kier alpha value is -3.16. The summed E-state index contributed by atoms with van der Waals surface area (Å²) in [4.78, 5) is 16.0. The zero-order valence-electron chi connectivity index (χ0n) is 15.9. The zero-order chi connectivity index (χ0) is 19.8. The number of hydrogen-bond acceptors (Lipinski definition) is 7. The van der Waals surface area contributed by atoms with Crippen LogP contribution in [0.3, 0.4) is 0 Å². The molecule has 0 unspecified atom stereocenters. The van der Waals surface area contributed by atoms with Gasteiger partial charge in [-0.25, -0.2) is 14.4 Å². The molecule has 1 aromatic carbocycles. The molecule has 29 heavy (non-hydrogen) atoms. The van der Waals surface area contributed by atoms with Crippen molar-refractivity contribution in [3.05, 3.63) is 42.5 Å². The molecule has 150 valence electrons. The molecular weight excluding hydrogens is 373 g/mol. The summed E-state index contributed by atoms with van der Waals surface area (Å²) in [6, 6.07) is 6.31. The molecule has 0 bridgehead atoms. The number of aromatic nitrogens is 3. The quantitative estimate of drug-likeness (QED) is 0.684. The van der Waals surface area contributed by atoms with Crippen LogP contribution in [0.5, 0.6) is 11.5 Å². The zero-order valence-corrected chi connectivity index (χ0v) is 15.9. The molecule has 1 saturated carbocycles. The Kier molecular flexibility index (Phi) is 4.54. The maximum absolute atomic E-state index is 13.9. The summed E-state index contributed by atoms with van der Waals surface area (Å²) in [7, 11) is 0. The van der Waals surface area contributed by atoms with Crippen molar-refractivity contribution in [2.75, 3.05) is 23.3 Å². The van der Waals surface area contributed by atoms with Crippen LogP contribution in [0.2, 0.25) is 0 Å². The third kappa shape index (κ3) is 3.87. The van der Waals surface area contributed by atoms with Gasteiger partial charge in [0.2, 0.25) is 0 Å². The molecule has 1 saturated heterocycles. The van der Waals surface area contributed by atoms with E-state index in [0.29, 0.717) is 6.04 Å². The molecule has 0 amide bonds. The van der Waals surface area contributed by atoms with Crippen molar-refractivity contribution in [1.29, 1.82) is 0 Å². The maximum atomic E-state index is 13.9. The first-order valence-corrected chi connectivity index (χ1v) is 9.94. The highest BCUT2D eigenvalue weighted by Crippen LogP contribution is 2.32. The molecule has 2 fully saturated rings. The standard InChI is InChI=1S/C21H22FN5O2/c22-16-11-14(28)3-4-19(16)29-15-6-9-27(10-7-15)21-20(24-13-1-2-13)25-18-12-23-8-5-17(18)26-21/h3-5,8,11-13,15,28H,1-2,6-7,9-10H2,(H,24,25). The summed E-state index contributed by atoms with van der Waals surface area (Å²) in [6.07, 6.45) is 7.18. The van der Waals surface area contributed by atoms with Crippen LogP contribution >= 0.6 is 0 Å². The number of phenols is 1. The number of nitrogens with zero attached hydrogens (tertiary/aromatic N) is 4. The van der Waals surface area contributed by atoms with Crippen LogP contribution in [0, 0.1) is 5.82 Å². The van der Waals surface area contributed by atoms with Crippen LogP contribution in [0.4, 0.5) is 16.0 Å². The van der Waals surface area contributed by atoms with Gasteiger partial charge in [0, 0.05) is 44.2 Å². The smallest absolute Gasteiger partial charge is 0.172 e. The lowest BCUT2D eigenvalue weighted by molar-refractivity contribution is 0.163. The predicted molar refractivity (Wildman–Crippen MR) is 108 cm³/mol. The second-order valence-corrected chi connectivity index (χ2v) is 7.60. The van der Waals surface area contributed by atoms with E-state index in [1.807, 2.05) is 6.07 Å². The fraction of sp³-hybridized carbons (Fsp3) is 0.381. The number of phenolic OH excluding ortho intramolecular Hbond substituents is 1. The van der Waals surface area contributed by atoms with E-state index in [1.165, 1.54) is 12.1 Å². The minimum absolute atomic E-state index is 0.0808. The number of halogens is 1. The summed E-state index contributed by atoms with van der Waals surface area (Å²) in [5.41, 5.74) is 1.60. The van der Waals surface area contributed by atoms with Gasteiger partial charge < -0.3 is 20.1 Å². The van der Waals surface area contributed by atoms with E-state index >= 15 is 0 Å². The van der Waals surface area contributed by atoms with Crippen LogP contribution in [0.15, 0.2) is 36.7 Å². The lowest BCUT2D eigenvalue weighted by Crippen LogP contribution is -2.39. The van der Waals surface area contributed by atoms with Crippen molar-refractivity contribution in [3.63, 3.8) is 0 Å². The highest BCUT2D eigenvalue weighted by Gasteiger charge is 2.28. The Labute approximate surface area is 167 Å². The lowest BCUT2D eigenvalue weighted by atomic mass is 10.1. The largest absolute Gasteiger partial charge is 0.508 e. The van der Waals surface area contributed by atoms with Crippen molar-refractivity contribution in [1.82, 2.24) is 15.0 Å². The fourth-order valence-corrected chi connectivity index (χ4v) is 3.59. The van der Waals surface area contributed by atoms with Crippen LogP contribution in [0.25, 0.3) is 11.0 Å². The van der Waals surface area contributed by atoms with Gasteiger partial charge in [0.15, 0.2) is 23.2 Å². The van der Waals surface area contributed by atoms with Crippen LogP contribution < -0.4 is 15.0 Å². The number of ether oxygens (including phenoxy) is 1. The van der Waals surface area contributed by atoms with Crippen LogP contribution in [-0.2, 0) is 0 Å². The number of pyridine rings is 1. The number of aromatic hydroxyl groups is 1. The summed E-state index contributed by atoms with van der Waals surface area (Å²) in [6.45, 7) is 1.49. The molecular formula is C21H22FN5O2. The first-order valence-electron chi connectivity index (χ1n) is 9.94. The molecule has 7 nitrogen and oxygen atoms in total. The third-order valence-electron chi connectivity index (χ3n) is 5.32. The van der Waals surface area contributed by atoms with E-state index in [2.05, 4.69) is 15.2 Å². The van der Waals surface area contributed by atoms with Gasteiger partial charge in [0.05, 0.1) is 11.7 Å². The Morgan fingerprint density at radius 2 is 1.90 bits per heavy atom. The van der Waals surface area contributed by atoms with Gasteiger partial charge >= 0.3 is 0 Å². The van der Waals surface area contributed by atoms with Crippen molar-refractivity contribution < 1.29 is 14.2 Å². The Morgan fingerprint density at radius 1 is 1.07 bits per heavy atom. The third-order valence-corrected chi connectivity index (χ3v) is 5.32. The number of fused-ring (bicyclic) bond motifs is 1. The van der Waals surface area contributed by atoms with Crippen molar-refractivity contribution in [2.24, 2.45) is 0 Å². The monoisotopic (exact) mass is 395 g/mol. The second kappa shape index (κ2) is 7.35. The average molecular weight is 395 g/mol. The molecule has 2 aromatic heterocycles. The SMILES string of the molecule is Oc1ccc(OC2CCN(c3nc4ccncc4nc3NC3CC3)CC2)c(F)c1. The van der Waals surface area contributed by atoms with Crippen LogP contribution in [0.1, 0.15) is 25.7 Å². The summed E-state index contributed by atoms with van der Waals surface area (Å²) in [5, 5.41) is 12.8. The highest BCUT2D eigenvalue weighted by atomic mass is 19.1. The van der Waals surface area contributed by atoms with Gasteiger partial charge in [-0.15, -0.1) is 0 Å². The van der Waals surface area contributed by atoms with Crippen LogP contribution in [-0.4, -0.2) is 45.3 Å². The van der Waals surface area contributed by atoms with Gasteiger partial charge in [-0.05, 0) is 31.0 Å². The van der Waals surface area contributed by atoms with E-state index in [-0.39, 0.29) is 17.6 Å². The molecule has 3 heterocycles. The Balaban J connectivity index is 1.32. The first-order chi connectivity index (χ1) is 14.2. The molecule has 0 atom stereocenters. The predicted octanol–water partition coefficient (Wildman–Crippen LogP) is 3.49. The number of anilines is 2.